The van der Waals surface area contributed by atoms with Crippen molar-refractivity contribution in [2.24, 2.45) is 0 Å². The summed E-state index contributed by atoms with van der Waals surface area (Å²) in [5.41, 5.74) is 5.11. The molecule has 0 radical (unpaired) electrons. The van der Waals surface area contributed by atoms with E-state index in [9.17, 15) is 0 Å². The highest BCUT2D eigenvalue weighted by Gasteiger charge is 2.10. The van der Waals surface area contributed by atoms with Gasteiger partial charge >= 0.3 is 0 Å². The third-order valence-corrected chi connectivity index (χ3v) is 4.34. The lowest BCUT2D eigenvalue weighted by atomic mass is 10.0. The summed E-state index contributed by atoms with van der Waals surface area (Å²) in [6, 6.07) is 14.9. The SMILES string of the molecule is Cc1ccccc1CCc1nc(Br)c2cccc(C)n12. The molecule has 0 aliphatic rings. The number of pyridine rings is 1. The Balaban J connectivity index is 1.94. The lowest BCUT2D eigenvalue weighted by Crippen LogP contribution is -2.01. The maximum atomic E-state index is 4.67. The van der Waals surface area contributed by atoms with Crippen LogP contribution in [0, 0.1) is 13.8 Å². The average Bonchev–Trinajstić information content (AvgIpc) is 2.76. The Kier molecular flexibility index (Phi) is 3.62. The Morgan fingerprint density at radius 2 is 1.80 bits per heavy atom. The molecule has 0 N–H and O–H groups in total. The molecule has 20 heavy (non-hydrogen) atoms. The highest BCUT2D eigenvalue weighted by Crippen LogP contribution is 2.22. The molecule has 3 aromatic rings. The average molecular weight is 329 g/mol. The third kappa shape index (κ3) is 2.38. The van der Waals surface area contributed by atoms with E-state index in [4.69, 9.17) is 0 Å². The van der Waals surface area contributed by atoms with Crippen molar-refractivity contribution in [1.29, 1.82) is 0 Å². The number of imidazole rings is 1. The van der Waals surface area contributed by atoms with Crippen LogP contribution >= 0.6 is 15.9 Å². The van der Waals surface area contributed by atoms with Crippen molar-refractivity contribution in [1.82, 2.24) is 9.38 Å². The minimum atomic E-state index is 0.931. The molecular weight excluding hydrogens is 312 g/mol. The van der Waals surface area contributed by atoms with Crippen LogP contribution < -0.4 is 0 Å². The van der Waals surface area contributed by atoms with Crippen molar-refractivity contribution in [2.45, 2.75) is 26.7 Å². The number of aryl methyl sites for hydroxylation is 4. The Labute approximate surface area is 127 Å². The number of benzene rings is 1. The molecule has 2 nitrogen and oxygen atoms in total. The highest BCUT2D eigenvalue weighted by molar-refractivity contribution is 9.10. The largest absolute Gasteiger partial charge is 0.300 e. The van der Waals surface area contributed by atoms with E-state index in [1.807, 2.05) is 0 Å². The van der Waals surface area contributed by atoms with E-state index in [1.165, 1.54) is 16.8 Å². The number of hydrogen-bond acceptors (Lipinski definition) is 1. The quantitative estimate of drug-likeness (QED) is 0.692. The van der Waals surface area contributed by atoms with E-state index in [0.717, 1.165) is 28.8 Å². The van der Waals surface area contributed by atoms with Gasteiger partial charge in [-0.3, -0.25) is 4.40 Å². The first kappa shape index (κ1) is 13.4. The first-order valence-corrected chi connectivity index (χ1v) is 7.63. The highest BCUT2D eigenvalue weighted by atomic mass is 79.9. The fraction of sp³-hybridized carbons (Fsp3) is 0.235. The van der Waals surface area contributed by atoms with Crippen molar-refractivity contribution < 1.29 is 0 Å². The van der Waals surface area contributed by atoms with Gasteiger partial charge < -0.3 is 0 Å². The molecule has 0 saturated carbocycles. The van der Waals surface area contributed by atoms with Gasteiger partial charge in [-0.1, -0.05) is 30.3 Å². The molecule has 3 rings (SSSR count). The van der Waals surface area contributed by atoms with E-state index in [0.29, 0.717) is 0 Å². The van der Waals surface area contributed by atoms with Gasteiger partial charge in [-0.05, 0) is 59.5 Å². The molecule has 0 saturated heterocycles. The van der Waals surface area contributed by atoms with E-state index < -0.39 is 0 Å². The second-order valence-corrected chi connectivity index (χ2v) is 5.88. The van der Waals surface area contributed by atoms with Crippen LogP contribution in [0.15, 0.2) is 47.1 Å². The maximum Gasteiger partial charge on any atom is 0.132 e. The number of nitrogens with zero attached hydrogens (tertiary/aromatic N) is 2. The zero-order valence-electron chi connectivity index (χ0n) is 11.7. The van der Waals surface area contributed by atoms with Crippen molar-refractivity contribution in [3.63, 3.8) is 0 Å². The molecule has 0 fully saturated rings. The van der Waals surface area contributed by atoms with Crippen LogP contribution in [-0.2, 0) is 12.8 Å². The molecule has 0 atom stereocenters. The predicted molar refractivity (Wildman–Crippen MR) is 86.2 cm³/mol. The molecule has 1 aromatic carbocycles. The van der Waals surface area contributed by atoms with Gasteiger partial charge in [-0.15, -0.1) is 0 Å². The Hall–Kier alpha value is -1.61. The van der Waals surface area contributed by atoms with E-state index >= 15 is 0 Å². The summed E-state index contributed by atoms with van der Waals surface area (Å²) in [6.07, 6.45) is 1.97. The Morgan fingerprint density at radius 3 is 2.60 bits per heavy atom. The van der Waals surface area contributed by atoms with E-state index in [2.05, 4.69) is 81.6 Å². The second-order valence-electron chi connectivity index (χ2n) is 5.13. The summed E-state index contributed by atoms with van der Waals surface area (Å²) in [4.78, 5) is 4.67. The lowest BCUT2D eigenvalue weighted by molar-refractivity contribution is 0.836. The van der Waals surface area contributed by atoms with Gasteiger partial charge in [0.2, 0.25) is 0 Å². The minimum absolute atomic E-state index is 0.931. The monoisotopic (exact) mass is 328 g/mol. The van der Waals surface area contributed by atoms with Gasteiger partial charge in [-0.25, -0.2) is 4.98 Å². The van der Waals surface area contributed by atoms with Crippen LogP contribution in [0.2, 0.25) is 0 Å². The number of halogens is 1. The molecule has 0 aliphatic heterocycles. The second kappa shape index (κ2) is 5.41. The molecule has 102 valence electrons. The van der Waals surface area contributed by atoms with Crippen LogP contribution in [0.5, 0.6) is 0 Å². The minimum Gasteiger partial charge on any atom is -0.300 e. The zero-order chi connectivity index (χ0) is 14.1. The van der Waals surface area contributed by atoms with Crippen LogP contribution in [0.3, 0.4) is 0 Å². The molecule has 3 heteroatoms. The van der Waals surface area contributed by atoms with Gasteiger partial charge in [-0.2, -0.15) is 0 Å². The summed E-state index contributed by atoms with van der Waals surface area (Å²) in [7, 11) is 0. The summed E-state index contributed by atoms with van der Waals surface area (Å²) in [6.45, 7) is 4.29. The maximum absolute atomic E-state index is 4.67. The molecule has 2 heterocycles. The predicted octanol–water partition coefficient (Wildman–Crippen LogP) is 4.50. The number of rotatable bonds is 3. The molecule has 0 bridgehead atoms. The zero-order valence-corrected chi connectivity index (χ0v) is 13.3. The fourth-order valence-electron chi connectivity index (χ4n) is 2.65. The van der Waals surface area contributed by atoms with Gasteiger partial charge in [0, 0.05) is 12.1 Å². The Bertz CT molecular complexity index is 759. The fourth-order valence-corrected chi connectivity index (χ4v) is 3.16. The number of fused-ring (bicyclic) bond motifs is 1. The van der Waals surface area contributed by atoms with Crippen LogP contribution in [0.25, 0.3) is 5.52 Å². The van der Waals surface area contributed by atoms with Crippen molar-refractivity contribution in [3.05, 3.63) is 69.7 Å². The van der Waals surface area contributed by atoms with Crippen LogP contribution in [0.1, 0.15) is 22.6 Å². The summed E-state index contributed by atoms with van der Waals surface area (Å²) >= 11 is 3.56. The topological polar surface area (TPSA) is 17.3 Å². The van der Waals surface area contributed by atoms with Gasteiger partial charge in [0.25, 0.3) is 0 Å². The van der Waals surface area contributed by atoms with Gasteiger partial charge in [0.05, 0.1) is 5.52 Å². The number of hydrogen-bond donors (Lipinski definition) is 0. The molecule has 0 aliphatic carbocycles. The summed E-state index contributed by atoms with van der Waals surface area (Å²) in [5.74, 6) is 1.12. The standard InChI is InChI=1S/C17H17BrN2/c1-12-6-3-4-8-14(12)10-11-16-19-17(18)15-9-5-7-13(2)20(15)16/h3-9H,10-11H2,1-2H3. The molecule has 0 spiro atoms. The van der Waals surface area contributed by atoms with Crippen LogP contribution in [-0.4, -0.2) is 9.38 Å². The smallest absolute Gasteiger partial charge is 0.132 e. The van der Waals surface area contributed by atoms with Crippen molar-refractivity contribution in [2.75, 3.05) is 0 Å². The van der Waals surface area contributed by atoms with E-state index in [1.54, 1.807) is 0 Å². The normalized spacial score (nSPS) is 11.2. The summed E-state index contributed by atoms with van der Waals surface area (Å²) in [5, 5.41) is 0. The third-order valence-electron chi connectivity index (χ3n) is 3.76. The Morgan fingerprint density at radius 1 is 1.00 bits per heavy atom. The lowest BCUT2D eigenvalue weighted by Gasteiger charge is -2.07. The van der Waals surface area contributed by atoms with Gasteiger partial charge in [0.1, 0.15) is 10.4 Å². The molecule has 2 aromatic heterocycles. The first-order chi connectivity index (χ1) is 9.66. The molecule has 0 unspecified atom stereocenters. The molecule has 0 amide bonds. The van der Waals surface area contributed by atoms with E-state index in [-0.39, 0.29) is 0 Å². The molecular formula is C17H17BrN2. The van der Waals surface area contributed by atoms with Crippen molar-refractivity contribution in [3.8, 4) is 0 Å². The van der Waals surface area contributed by atoms with Crippen molar-refractivity contribution >= 4 is 21.4 Å². The van der Waals surface area contributed by atoms with Crippen LogP contribution in [0.4, 0.5) is 0 Å². The first-order valence-electron chi connectivity index (χ1n) is 6.84. The number of aromatic nitrogens is 2. The van der Waals surface area contributed by atoms with Gasteiger partial charge in [0.15, 0.2) is 0 Å². The summed E-state index contributed by atoms with van der Waals surface area (Å²) < 4.78 is 3.17.